The predicted molar refractivity (Wildman–Crippen MR) is 85.0 cm³/mol. The van der Waals surface area contributed by atoms with Crippen LogP contribution in [0.4, 0.5) is 5.69 Å². The van der Waals surface area contributed by atoms with E-state index in [9.17, 15) is 9.59 Å². The molecule has 2 atom stereocenters. The van der Waals surface area contributed by atoms with Crippen LogP contribution in [0.25, 0.3) is 0 Å². The topological polar surface area (TPSA) is 62.6 Å². The summed E-state index contributed by atoms with van der Waals surface area (Å²) in [6.45, 7) is 4.40. The molecule has 2 amide bonds. The monoisotopic (exact) mass is 332 g/mol. The number of amides is 2. The number of anilines is 1. The Morgan fingerprint density at radius 1 is 1.29 bits per heavy atom. The average molecular weight is 333 g/mol. The van der Waals surface area contributed by atoms with E-state index in [-0.39, 0.29) is 24.4 Å². The van der Waals surface area contributed by atoms with E-state index >= 15 is 0 Å². The third-order valence-corrected chi connectivity index (χ3v) is 3.87. The first-order chi connectivity index (χ1) is 9.85. The predicted octanol–water partition coefficient (Wildman–Crippen LogP) is 0.971. The Bertz CT molecular complexity index is 523. The third kappa shape index (κ3) is 5.53. The average Bonchev–Trinajstić information content (AvgIpc) is 2.42. The molecule has 1 aromatic carbocycles. The van der Waals surface area contributed by atoms with Crippen LogP contribution in [0.3, 0.4) is 0 Å². The van der Waals surface area contributed by atoms with Crippen LogP contribution in [0.2, 0.25) is 10.0 Å². The van der Waals surface area contributed by atoms with Crippen molar-refractivity contribution in [2.45, 2.75) is 19.9 Å². The van der Waals surface area contributed by atoms with Gasteiger partial charge in [0.2, 0.25) is 0 Å². The zero-order valence-corrected chi connectivity index (χ0v) is 13.8. The number of carbonyl (C=O) groups excluding carboxylic acids is 2. The first-order valence-electron chi connectivity index (χ1n) is 6.70. The summed E-state index contributed by atoms with van der Waals surface area (Å²) >= 11 is 11.7. The van der Waals surface area contributed by atoms with Crippen molar-refractivity contribution in [3.63, 3.8) is 0 Å². The van der Waals surface area contributed by atoms with Gasteiger partial charge in [0.05, 0.1) is 17.1 Å². The summed E-state index contributed by atoms with van der Waals surface area (Å²) in [6, 6.07) is 4.58. The molecule has 0 bridgehead atoms. The highest BCUT2D eigenvalue weighted by molar-refractivity contribution is 6.42. The zero-order chi connectivity index (χ0) is 16.0. The molecule has 0 radical (unpaired) electrons. The van der Waals surface area contributed by atoms with Gasteiger partial charge in [-0.15, -0.1) is 0 Å². The van der Waals surface area contributed by atoms with Crippen LogP contribution in [0, 0.1) is 0 Å². The molecule has 0 aliphatic heterocycles. The molecule has 0 heterocycles. The van der Waals surface area contributed by atoms with E-state index in [1.807, 2.05) is 6.92 Å². The fourth-order valence-corrected chi connectivity index (χ4v) is 2.03. The van der Waals surface area contributed by atoms with Crippen molar-refractivity contribution in [3.05, 3.63) is 28.2 Å². The number of benzene rings is 1. The summed E-state index contributed by atoms with van der Waals surface area (Å²) in [5.74, 6) is -0.264. The summed E-state index contributed by atoms with van der Waals surface area (Å²) in [5, 5.41) is 6.28. The van der Waals surface area contributed by atoms with Crippen molar-refractivity contribution in [1.29, 1.82) is 0 Å². The normalized spacial score (nSPS) is 13.4. The lowest BCUT2D eigenvalue weighted by Gasteiger charge is -2.20. The van der Waals surface area contributed by atoms with Gasteiger partial charge in [-0.05, 0) is 32.0 Å². The molecule has 1 aromatic rings. The van der Waals surface area contributed by atoms with E-state index in [1.165, 1.54) is 0 Å². The molecule has 0 saturated carbocycles. The molecule has 0 saturated heterocycles. The summed E-state index contributed by atoms with van der Waals surface area (Å²) < 4.78 is 0. The van der Waals surface area contributed by atoms with Gasteiger partial charge in [-0.1, -0.05) is 23.2 Å². The second-order valence-electron chi connectivity index (χ2n) is 4.82. The SMILES string of the molecule is CCNC(=O)[C@H](C)[NH+](C)CC(=O)Nc1ccc(Cl)c(Cl)c1. The van der Waals surface area contributed by atoms with Gasteiger partial charge >= 0.3 is 0 Å². The summed E-state index contributed by atoms with van der Waals surface area (Å²) in [5.41, 5.74) is 0.577. The van der Waals surface area contributed by atoms with Crippen LogP contribution in [-0.2, 0) is 9.59 Å². The Labute approximate surface area is 134 Å². The highest BCUT2D eigenvalue weighted by Gasteiger charge is 2.23. The number of hydrogen-bond acceptors (Lipinski definition) is 2. The summed E-state index contributed by atoms with van der Waals surface area (Å²) in [6.07, 6.45) is 0. The largest absolute Gasteiger partial charge is 0.351 e. The van der Waals surface area contributed by atoms with Gasteiger partial charge in [-0.3, -0.25) is 9.59 Å². The number of halogens is 2. The lowest BCUT2D eigenvalue weighted by molar-refractivity contribution is -0.885. The minimum Gasteiger partial charge on any atom is -0.351 e. The first-order valence-corrected chi connectivity index (χ1v) is 7.45. The molecule has 0 fully saturated rings. The molecule has 1 rings (SSSR count). The molecule has 116 valence electrons. The minimum atomic E-state index is -0.301. The van der Waals surface area contributed by atoms with Gasteiger partial charge in [0, 0.05) is 12.2 Å². The van der Waals surface area contributed by atoms with Crippen LogP contribution in [-0.4, -0.2) is 38.0 Å². The van der Waals surface area contributed by atoms with Crippen LogP contribution < -0.4 is 15.5 Å². The highest BCUT2D eigenvalue weighted by atomic mass is 35.5. The summed E-state index contributed by atoms with van der Waals surface area (Å²) in [4.78, 5) is 24.5. The molecule has 0 spiro atoms. The maximum atomic E-state index is 12.0. The number of likely N-dealkylation sites (N-methyl/N-ethyl adjacent to an activating group) is 2. The van der Waals surface area contributed by atoms with Gasteiger partial charge in [0.15, 0.2) is 12.6 Å². The quantitative estimate of drug-likeness (QED) is 0.727. The maximum absolute atomic E-state index is 12.0. The minimum absolute atomic E-state index is 0.0719. The zero-order valence-electron chi connectivity index (χ0n) is 12.3. The fourth-order valence-electron chi connectivity index (χ4n) is 1.74. The lowest BCUT2D eigenvalue weighted by Crippen LogP contribution is -3.15. The van der Waals surface area contributed by atoms with Gasteiger partial charge in [-0.25, -0.2) is 0 Å². The Morgan fingerprint density at radius 2 is 1.95 bits per heavy atom. The third-order valence-electron chi connectivity index (χ3n) is 3.13. The standard InChI is InChI=1S/C14H19Cl2N3O2/c1-4-17-14(21)9(2)19(3)8-13(20)18-10-5-6-11(15)12(16)7-10/h5-7,9H,4,8H2,1-3H3,(H,17,21)(H,18,20)/p+1/t9-/m0/s1. The van der Waals surface area contributed by atoms with E-state index in [2.05, 4.69) is 10.6 Å². The van der Waals surface area contributed by atoms with E-state index < -0.39 is 0 Å². The molecule has 21 heavy (non-hydrogen) atoms. The number of rotatable bonds is 6. The van der Waals surface area contributed by atoms with E-state index in [0.29, 0.717) is 22.3 Å². The molecule has 5 nitrogen and oxygen atoms in total. The Hall–Kier alpha value is -1.30. The maximum Gasteiger partial charge on any atom is 0.279 e. The Balaban J connectivity index is 2.56. The van der Waals surface area contributed by atoms with E-state index in [0.717, 1.165) is 4.90 Å². The number of nitrogens with one attached hydrogen (secondary N) is 3. The number of quaternary nitrogens is 1. The van der Waals surface area contributed by atoms with Gasteiger partial charge in [-0.2, -0.15) is 0 Å². The first kappa shape index (κ1) is 17.8. The van der Waals surface area contributed by atoms with Crippen LogP contribution in [0.1, 0.15) is 13.8 Å². The van der Waals surface area contributed by atoms with Crippen molar-refractivity contribution in [2.75, 3.05) is 25.5 Å². The lowest BCUT2D eigenvalue weighted by atomic mass is 10.2. The van der Waals surface area contributed by atoms with Crippen LogP contribution in [0.15, 0.2) is 18.2 Å². The molecule has 0 aliphatic rings. The molecule has 0 aromatic heterocycles. The fraction of sp³-hybridized carbons (Fsp3) is 0.429. The van der Waals surface area contributed by atoms with Gasteiger partial charge in [0.25, 0.3) is 11.8 Å². The highest BCUT2D eigenvalue weighted by Crippen LogP contribution is 2.24. The van der Waals surface area contributed by atoms with Gasteiger partial charge < -0.3 is 15.5 Å². The smallest absolute Gasteiger partial charge is 0.279 e. The van der Waals surface area contributed by atoms with E-state index in [4.69, 9.17) is 23.2 Å². The van der Waals surface area contributed by atoms with Crippen LogP contribution >= 0.6 is 23.2 Å². The molecule has 3 N–H and O–H groups in total. The molecule has 1 unspecified atom stereocenters. The molecular formula is C14H20Cl2N3O2+. The second kappa shape index (κ2) is 8.22. The van der Waals surface area contributed by atoms with Crippen molar-refractivity contribution >= 4 is 40.7 Å². The molecule has 0 aliphatic carbocycles. The van der Waals surface area contributed by atoms with Crippen molar-refractivity contribution in [1.82, 2.24) is 5.32 Å². The van der Waals surface area contributed by atoms with Gasteiger partial charge in [0.1, 0.15) is 0 Å². The number of hydrogen-bond donors (Lipinski definition) is 3. The van der Waals surface area contributed by atoms with E-state index in [1.54, 1.807) is 32.2 Å². The van der Waals surface area contributed by atoms with Crippen molar-refractivity contribution in [3.8, 4) is 0 Å². The molecular weight excluding hydrogens is 313 g/mol. The van der Waals surface area contributed by atoms with Crippen molar-refractivity contribution < 1.29 is 14.5 Å². The molecule has 7 heteroatoms. The summed E-state index contributed by atoms with van der Waals surface area (Å²) in [7, 11) is 1.80. The Morgan fingerprint density at radius 3 is 2.52 bits per heavy atom. The second-order valence-corrected chi connectivity index (χ2v) is 5.63. The van der Waals surface area contributed by atoms with Crippen molar-refractivity contribution in [2.24, 2.45) is 0 Å². The number of carbonyl (C=O) groups is 2. The van der Waals surface area contributed by atoms with Crippen LogP contribution in [0.5, 0.6) is 0 Å². The Kier molecular flexibility index (Phi) is 6.95.